The number of hydrogen-bond donors (Lipinski definition) is 1. The van der Waals surface area contributed by atoms with Gasteiger partial charge < -0.3 is 18.9 Å². The Hall–Kier alpha value is -1.90. The molecule has 4 rings (SSSR count). The molecule has 0 amide bonds. The van der Waals surface area contributed by atoms with Crippen molar-refractivity contribution >= 4 is 20.8 Å². The van der Waals surface area contributed by atoms with E-state index in [1.165, 1.54) is 0 Å². The molecule has 35 heavy (non-hydrogen) atoms. The highest BCUT2D eigenvalue weighted by Gasteiger charge is 2.47. The molecule has 188 valence electrons. The predicted molar refractivity (Wildman–Crippen MR) is 147 cm³/mol. The monoisotopic (exact) mass is 510 g/mol. The average Bonchev–Trinajstić information content (AvgIpc) is 3.27. The molecule has 5 nitrogen and oxygen atoms in total. The van der Waals surface area contributed by atoms with Crippen LogP contribution in [0.2, 0.25) is 13.1 Å². The summed E-state index contributed by atoms with van der Waals surface area (Å²) in [5.41, 5.74) is 4.38. The van der Waals surface area contributed by atoms with Gasteiger partial charge >= 0.3 is 0 Å². The number of hydrogen-bond acceptors (Lipinski definition) is 5. The van der Waals surface area contributed by atoms with Gasteiger partial charge in [-0.2, -0.15) is 0 Å². The summed E-state index contributed by atoms with van der Waals surface area (Å²) in [7, 11) is 0.340. The zero-order valence-electron chi connectivity index (χ0n) is 21.7. The number of methoxy groups -OCH3 is 1. The van der Waals surface area contributed by atoms with E-state index in [1.54, 1.807) is 18.9 Å². The fraction of sp³-hybridized carbons (Fsp3) is 0.464. The van der Waals surface area contributed by atoms with Crippen LogP contribution in [0, 0.1) is 11.3 Å². The first kappa shape index (κ1) is 26.2. The van der Waals surface area contributed by atoms with Crippen molar-refractivity contribution in [2.24, 2.45) is 11.3 Å². The van der Waals surface area contributed by atoms with E-state index in [-0.39, 0.29) is 11.5 Å². The second kappa shape index (κ2) is 11.0. The van der Waals surface area contributed by atoms with Crippen molar-refractivity contribution in [2.45, 2.75) is 63.9 Å². The van der Waals surface area contributed by atoms with E-state index >= 15 is 0 Å². The van der Waals surface area contributed by atoms with Gasteiger partial charge in [-0.3, -0.25) is 0 Å². The highest BCUT2D eigenvalue weighted by molar-refractivity contribution is 7.99. The minimum atomic E-state index is -1.37. The van der Waals surface area contributed by atoms with E-state index in [0.29, 0.717) is 5.92 Å². The first-order valence-electron chi connectivity index (χ1n) is 12.4. The fourth-order valence-electron chi connectivity index (χ4n) is 4.64. The van der Waals surface area contributed by atoms with Crippen LogP contribution >= 0.6 is 11.8 Å². The van der Waals surface area contributed by atoms with Crippen molar-refractivity contribution in [3.05, 3.63) is 60.7 Å². The van der Waals surface area contributed by atoms with E-state index in [4.69, 9.17) is 18.9 Å². The van der Waals surface area contributed by atoms with E-state index in [0.717, 1.165) is 46.3 Å². The highest BCUT2D eigenvalue weighted by atomic mass is 32.2. The van der Waals surface area contributed by atoms with Crippen LogP contribution in [0.25, 0.3) is 22.5 Å². The molecule has 0 aliphatic carbocycles. The fourth-order valence-corrected chi connectivity index (χ4v) is 6.48. The maximum atomic E-state index is 6.52. The molecule has 7 heteroatoms. The predicted octanol–water partition coefficient (Wildman–Crippen LogP) is 6.98. The molecular weight excluding hydrogens is 472 g/mol. The van der Waals surface area contributed by atoms with E-state index in [2.05, 4.69) is 87.4 Å². The summed E-state index contributed by atoms with van der Waals surface area (Å²) in [4.78, 5) is 8.60. The van der Waals surface area contributed by atoms with Crippen LogP contribution in [-0.4, -0.2) is 43.9 Å². The number of benzene rings is 2. The SMILES string of the molecule is CO[C@]1(O[SiH](C)C)C[C@H](C(C)(C)C)C[C@@H](CSc2nc(-c3ccccc3)c(-c3ccccc3)[nH]2)O1. The van der Waals surface area contributed by atoms with Crippen LogP contribution in [0.4, 0.5) is 0 Å². The third-order valence-electron chi connectivity index (χ3n) is 6.54. The van der Waals surface area contributed by atoms with Crippen LogP contribution in [0.15, 0.2) is 65.8 Å². The topological polar surface area (TPSA) is 56.4 Å². The van der Waals surface area contributed by atoms with Crippen molar-refractivity contribution < 1.29 is 13.9 Å². The zero-order valence-corrected chi connectivity index (χ0v) is 23.7. The van der Waals surface area contributed by atoms with Gasteiger partial charge in [-0.05, 0) is 30.8 Å². The molecular formula is C28H38N2O3SSi. The highest BCUT2D eigenvalue weighted by Crippen LogP contribution is 2.44. The third kappa shape index (κ3) is 6.46. The Kier molecular flexibility index (Phi) is 8.23. The van der Waals surface area contributed by atoms with E-state index in [9.17, 15) is 0 Å². The van der Waals surface area contributed by atoms with Gasteiger partial charge in [0.2, 0.25) is 0 Å². The lowest BCUT2D eigenvalue weighted by molar-refractivity contribution is -0.377. The van der Waals surface area contributed by atoms with Gasteiger partial charge in [-0.15, -0.1) is 0 Å². The molecule has 3 aromatic rings. The molecule has 2 aromatic carbocycles. The molecule has 0 spiro atoms. The number of nitrogens with one attached hydrogen (secondary N) is 1. The summed E-state index contributed by atoms with van der Waals surface area (Å²) in [5.74, 6) is 0.261. The Labute approximate surface area is 215 Å². The molecule has 0 saturated carbocycles. The molecule has 0 radical (unpaired) electrons. The van der Waals surface area contributed by atoms with Crippen molar-refractivity contribution in [2.75, 3.05) is 12.9 Å². The van der Waals surface area contributed by atoms with Gasteiger partial charge in [0.25, 0.3) is 5.97 Å². The Balaban J connectivity index is 1.58. The molecule has 3 atom stereocenters. The van der Waals surface area contributed by atoms with Crippen molar-refractivity contribution in [1.29, 1.82) is 0 Å². The normalized spacial score (nSPS) is 23.1. The summed E-state index contributed by atoms with van der Waals surface area (Å²) in [6, 6.07) is 20.7. The van der Waals surface area contributed by atoms with Crippen LogP contribution < -0.4 is 0 Å². The number of aromatic nitrogens is 2. The summed E-state index contributed by atoms with van der Waals surface area (Å²) < 4.78 is 18.7. The summed E-state index contributed by atoms with van der Waals surface area (Å²) in [5, 5.41) is 0.895. The van der Waals surface area contributed by atoms with Crippen LogP contribution in [0.1, 0.15) is 33.6 Å². The second-order valence-electron chi connectivity index (χ2n) is 10.6. The number of H-pyrrole nitrogens is 1. The Morgan fingerprint density at radius 2 is 1.69 bits per heavy atom. The van der Waals surface area contributed by atoms with E-state index in [1.807, 2.05) is 12.1 Å². The smallest absolute Gasteiger partial charge is 0.273 e. The van der Waals surface area contributed by atoms with Gasteiger partial charge in [0.05, 0.1) is 17.5 Å². The van der Waals surface area contributed by atoms with Gasteiger partial charge in [0.15, 0.2) is 14.2 Å². The standard InChI is InChI=1S/C28H38N2O3SSi/c1-27(2,3)22-17-23(32-28(18-22,31-4)33-35(5)6)19-34-26-29-24(20-13-9-7-10-14-20)25(30-26)21-15-11-8-12-16-21/h7-16,22-23,35H,17-19H2,1-6H3,(H,29,30)/t22-,23+,28-/m1/s1. The minimum Gasteiger partial charge on any atom is -0.373 e. The molecule has 1 aromatic heterocycles. The molecule has 0 unspecified atom stereocenters. The quantitative estimate of drug-likeness (QED) is 0.201. The number of ether oxygens (including phenoxy) is 2. The molecule has 0 bridgehead atoms. The number of imidazole rings is 1. The van der Waals surface area contributed by atoms with Crippen LogP contribution in [-0.2, 0) is 13.9 Å². The number of rotatable bonds is 8. The number of thioether (sulfide) groups is 1. The lowest BCUT2D eigenvalue weighted by Gasteiger charge is -2.47. The number of nitrogens with zero attached hydrogens (tertiary/aromatic N) is 1. The number of aromatic amines is 1. The Morgan fingerprint density at radius 3 is 2.26 bits per heavy atom. The summed E-state index contributed by atoms with van der Waals surface area (Å²) >= 11 is 1.70. The second-order valence-corrected chi connectivity index (χ2v) is 13.9. The summed E-state index contributed by atoms with van der Waals surface area (Å²) in [6.07, 6.45) is 1.75. The van der Waals surface area contributed by atoms with Gasteiger partial charge in [0, 0.05) is 30.4 Å². The van der Waals surface area contributed by atoms with Gasteiger partial charge in [0.1, 0.15) is 0 Å². The molecule has 1 fully saturated rings. The minimum absolute atomic E-state index is 0.0103. The van der Waals surface area contributed by atoms with E-state index < -0.39 is 15.0 Å². The molecule has 1 saturated heterocycles. The lowest BCUT2D eigenvalue weighted by Crippen LogP contribution is -2.52. The third-order valence-corrected chi connectivity index (χ3v) is 8.37. The average molecular weight is 511 g/mol. The van der Waals surface area contributed by atoms with Gasteiger partial charge in [-0.25, -0.2) is 4.98 Å². The first-order chi connectivity index (χ1) is 16.7. The molecule has 1 aliphatic rings. The molecule has 1 N–H and O–H groups in total. The lowest BCUT2D eigenvalue weighted by atomic mass is 9.74. The molecule has 1 aliphatic heterocycles. The zero-order chi connectivity index (χ0) is 25.1. The van der Waals surface area contributed by atoms with Crippen LogP contribution in [0.5, 0.6) is 0 Å². The largest absolute Gasteiger partial charge is 0.373 e. The van der Waals surface area contributed by atoms with Crippen molar-refractivity contribution in [3.8, 4) is 22.5 Å². The van der Waals surface area contributed by atoms with Gasteiger partial charge in [-0.1, -0.05) is 93.2 Å². The Bertz CT molecular complexity index is 1030. The Morgan fingerprint density at radius 1 is 1.06 bits per heavy atom. The maximum absolute atomic E-state index is 6.52. The molecule has 2 heterocycles. The van der Waals surface area contributed by atoms with Crippen molar-refractivity contribution in [1.82, 2.24) is 9.97 Å². The van der Waals surface area contributed by atoms with Crippen molar-refractivity contribution in [3.63, 3.8) is 0 Å². The summed E-state index contributed by atoms with van der Waals surface area (Å²) in [6.45, 7) is 11.2. The van der Waals surface area contributed by atoms with Crippen LogP contribution in [0.3, 0.4) is 0 Å². The first-order valence-corrected chi connectivity index (χ1v) is 16.2. The maximum Gasteiger partial charge on any atom is 0.273 e.